The maximum atomic E-state index is 12.1. The molecule has 4 nitrogen and oxygen atoms in total. The van der Waals surface area contributed by atoms with Gasteiger partial charge in [0.2, 0.25) is 0 Å². The first kappa shape index (κ1) is 16.4. The highest BCUT2D eigenvalue weighted by atomic mass is 32.2. The Bertz CT molecular complexity index is 783. The van der Waals surface area contributed by atoms with Gasteiger partial charge in [0, 0.05) is 30.4 Å². The Balaban J connectivity index is 1.86. The summed E-state index contributed by atoms with van der Waals surface area (Å²) in [7, 11) is -0.975. The molecule has 23 heavy (non-hydrogen) atoms. The molecule has 0 saturated heterocycles. The van der Waals surface area contributed by atoms with E-state index in [1.165, 1.54) is 6.26 Å². The molecule has 124 valence electrons. The van der Waals surface area contributed by atoms with Crippen molar-refractivity contribution in [2.75, 3.05) is 13.3 Å². The van der Waals surface area contributed by atoms with Crippen LogP contribution in [0.5, 0.6) is 0 Å². The highest BCUT2D eigenvalue weighted by Crippen LogP contribution is 2.29. The molecule has 0 radical (unpaired) electrons. The van der Waals surface area contributed by atoms with Crippen LogP contribution in [0.15, 0.2) is 36.5 Å². The molecule has 1 heterocycles. The van der Waals surface area contributed by atoms with Crippen molar-refractivity contribution in [1.29, 1.82) is 0 Å². The number of hydrogen-bond donors (Lipinski definition) is 0. The van der Waals surface area contributed by atoms with E-state index in [0.29, 0.717) is 0 Å². The first-order valence-corrected chi connectivity index (χ1v) is 10.1. The van der Waals surface area contributed by atoms with Crippen molar-refractivity contribution in [3.8, 4) is 0 Å². The van der Waals surface area contributed by atoms with Crippen LogP contribution in [0.3, 0.4) is 0 Å². The molecule has 1 saturated carbocycles. The second-order valence-electron chi connectivity index (χ2n) is 6.63. The van der Waals surface area contributed by atoms with E-state index >= 15 is 0 Å². The molecule has 0 bridgehead atoms. The van der Waals surface area contributed by atoms with E-state index < -0.39 is 9.84 Å². The van der Waals surface area contributed by atoms with Gasteiger partial charge in [0.25, 0.3) is 0 Å². The van der Waals surface area contributed by atoms with Crippen molar-refractivity contribution in [2.24, 2.45) is 0 Å². The van der Waals surface area contributed by atoms with E-state index in [0.717, 1.165) is 48.7 Å². The summed E-state index contributed by atoms with van der Waals surface area (Å²) in [5.74, 6) is 0. The molecule has 0 aliphatic heterocycles. The van der Waals surface area contributed by atoms with Crippen molar-refractivity contribution in [3.63, 3.8) is 0 Å². The Labute approximate surface area is 138 Å². The van der Waals surface area contributed by atoms with Crippen LogP contribution in [0.4, 0.5) is 0 Å². The van der Waals surface area contributed by atoms with Crippen LogP contribution in [0, 0.1) is 0 Å². The van der Waals surface area contributed by atoms with E-state index in [4.69, 9.17) is 0 Å². The van der Waals surface area contributed by atoms with Crippen molar-refractivity contribution < 1.29 is 8.42 Å². The average molecular weight is 332 g/mol. The van der Waals surface area contributed by atoms with Crippen LogP contribution in [-0.4, -0.2) is 42.9 Å². The van der Waals surface area contributed by atoms with E-state index in [9.17, 15) is 8.42 Å². The summed E-state index contributed by atoms with van der Waals surface area (Å²) in [5, 5.41) is 0.880. The summed E-state index contributed by atoms with van der Waals surface area (Å²) < 4.78 is 24.3. The fraction of sp³-hybridized carbons (Fsp3) is 0.500. The zero-order chi connectivity index (χ0) is 16.4. The maximum absolute atomic E-state index is 12.1. The number of fused-ring (bicyclic) bond motifs is 1. The number of pyridine rings is 1. The second-order valence-corrected chi connectivity index (χ2v) is 8.89. The van der Waals surface area contributed by atoms with Crippen molar-refractivity contribution >= 4 is 20.7 Å². The molecular formula is C18H24N2O2S. The molecule has 0 spiro atoms. The van der Waals surface area contributed by atoms with Gasteiger partial charge in [-0.05, 0) is 31.5 Å². The van der Waals surface area contributed by atoms with E-state index in [2.05, 4.69) is 28.1 Å². The number of para-hydroxylation sites is 1. The normalized spacial score (nSPS) is 22.6. The molecule has 1 aromatic carbocycles. The lowest BCUT2D eigenvalue weighted by molar-refractivity contribution is 0.187. The van der Waals surface area contributed by atoms with Crippen molar-refractivity contribution in [1.82, 2.24) is 9.88 Å². The van der Waals surface area contributed by atoms with E-state index in [-0.39, 0.29) is 11.3 Å². The topological polar surface area (TPSA) is 50.3 Å². The van der Waals surface area contributed by atoms with Crippen LogP contribution < -0.4 is 0 Å². The molecule has 0 unspecified atom stereocenters. The summed E-state index contributed by atoms with van der Waals surface area (Å²) in [6.45, 7) is 0.727. The second kappa shape index (κ2) is 6.57. The Kier molecular flexibility index (Phi) is 4.69. The highest BCUT2D eigenvalue weighted by molar-refractivity contribution is 7.91. The third kappa shape index (κ3) is 3.56. The molecule has 1 fully saturated rings. The molecule has 1 aliphatic carbocycles. The number of rotatable bonds is 4. The summed E-state index contributed by atoms with van der Waals surface area (Å²) >= 11 is 0. The largest absolute Gasteiger partial charge is 0.298 e. The van der Waals surface area contributed by atoms with Gasteiger partial charge in [-0.1, -0.05) is 37.1 Å². The van der Waals surface area contributed by atoms with E-state index in [1.807, 2.05) is 25.4 Å². The van der Waals surface area contributed by atoms with E-state index in [1.54, 1.807) is 0 Å². The van der Waals surface area contributed by atoms with Gasteiger partial charge in [-0.2, -0.15) is 0 Å². The molecule has 2 aromatic rings. The van der Waals surface area contributed by atoms with Crippen LogP contribution >= 0.6 is 0 Å². The molecule has 2 atom stereocenters. The summed E-state index contributed by atoms with van der Waals surface area (Å²) in [6, 6.07) is 10.3. The number of benzene rings is 1. The molecular weight excluding hydrogens is 308 g/mol. The minimum Gasteiger partial charge on any atom is -0.298 e. The Morgan fingerprint density at radius 1 is 1.17 bits per heavy atom. The number of nitrogens with zero attached hydrogens (tertiary/aromatic N) is 2. The lowest BCUT2D eigenvalue weighted by atomic mass is 9.93. The maximum Gasteiger partial charge on any atom is 0.151 e. The summed E-state index contributed by atoms with van der Waals surface area (Å²) in [4.78, 5) is 6.70. The van der Waals surface area contributed by atoms with Gasteiger partial charge < -0.3 is 0 Å². The highest BCUT2D eigenvalue weighted by Gasteiger charge is 2.35. The molecule has 0 N–H and O–H groups in total. The Morgan fingerprint density at radius 2 is 1.91 bits per heavy atom. The van der Waals surface area contributed by atoms with Crippen LogP contribution in [0.2, 0.25) is 0 Å². The smallest absolute Gasteiger partial charge is 0.151 e. The zero-order valence-electron chi connectivity index (χ0n) is 13.8. The van der Waals surface area contributed by atoms with Gasteiger partial charge in [-0.25, -0.2) is 8.42 Å². The van der Waals surface area contributed by atoms with Gasteiger partial charge in [-0.15, -0.1) is 0 Å². The fourth-order valence-electron chi connectivity index (χ4n) is 3.76. The SMILES string of the molecule is CN(Cc1cccc2cccnc12)[C@H]1CCCC[C@@H]1S(C)(=O)=O. The van der Waals surface area contributed by atoms with Crippen molar-refractivity contribution in [2.45, 2.75) is 43.5 Å². The van der Waals surface area contributed by atoms with Crippen LogP contribution in [0.1, 0.15) is 31.2 Å². The first-order chi connectivity index (χ1) is 11.0. The molecule has 3 rings (SSSR count). The standard InChI is InChI=1S/C18H24N2O2S/c1-20(16-10-3-4-11-17(16)23(2,21)22)13-15-8-5-7-14-9-6-12-19-18(14)15/h5-9,12,16-17H,3-4,10-11,13H2,1-2H3/t16-,17-/m0/s1. The minimum absolute atomic E-state index is 0.0951. The average Bonchev–Trinajstić information content (AvgIpc) is 2.54. The zero-order valence-corrected chi connectivity index (χ0v) is 14.6. The lowest BCUT2D eigenvalue weighted by Crippen LogP contribution is -2.46. The minimum atomic E-state index is -3.01. The van der Waals surface area contributed by atoms with Gasteiger partial charge in [0.05, 0.1) is 10.8 Å². The predicted octanol–water partition coefficient (Wildman–Crippen LogP) is 3.02. The quantitative estimate of drug-likeness (QED) is 0.863. The number of hydrogen-bond acceptors (Lipinski definition) is 4. The first-order valence-electron chi connectivity index (χ1n) is 8.18. The fourth-order valence-corrected chi connectivity index (χ4v) is 5.27. The lowest BCUT2D eigenvalue weighted by Gasteiger charge is -2.37. The third-order valence-corrected chi connectivity index (χ3v) is 6.57. The number of sulfone groups is 1. The Hall–Kier alpha value is -1.46. The number of aromatic nitrogens is 1. The van der Waals surface area contributed by atoms with Crippen LogP contribution in [-0.2, 0) is 16.4 Å². The van der Waals surface area contributed by atoms with Crippen LogP contribution in [0.25, 0.3) is 10.9 Å². The summed E-state index contributed by atoms with van der Waals surface area (Å²) in [6.07, 6.45) is 7.04. The van der Waals surface area contributed by atoms with Gasteiger partial charge in [-0.3, -0.25) is 9.88 Å². The monoisotopic (exact) mass is 332 g/mol. The molecule has 5 heteroatoms. The van der Waals surface area contributed by atoms with Gasteiger partial charge in [0.1, 0.15) is 0 Å². The van der Waals surface area contributed by atoms with Gasteiger partial charge in [0.15, 0.2) is 9.84 Å². The van der Waals surface area contributed by atoms with Crippen molar-refractivity contribution in [3.05, 3.63) is 42.1 Å². The Morgan fingerprint density at radius 3 is 2.70 bits per heavy atom. The molecule has 0 amide bonds. The third-order valence-electron chi connectivity index (χ3n) is 4.92. The van der Waals surface area contributed by atoms with Gasteiger partial charge >= 0.3 is 0 Å². The molecule has 1 aromatic heterocycles. The predicted molar refractivity (Wildman–Crippen MR) is 94.1 cm³/mol. The molecule has 1 aliphatic rings. The summed E-state index contributed by atoms with van der Waals surface area (Å²) in [5.41, 5.74) is 2.16.